The predicted molar refractivity (Wildman–Crippen MR) is 77.9 cm³/mol. The second-order valence-corrected chi connectivity index (χ2v) is 5.10. The van der Waals surface area contributed by atoms with Gasteiger partial charge in [-0.1, -0.05) is 18.2 Å². The minimum absolute atomic E-state index is 0.0129. The summed E-state index contributed by atoms with van der Waals surface area (Å²) in [7, 11) is 0. The maximum absolute atomic E-state index is 11.5. The van der Waals surface area contributed by atoms with Crippen LogP contribution in [0.3, 0.4) is 0 Å². The Morgan fingerprint density at radius 1 is 1.45 bits per heavy atom. The van der Waals surface area contributed by atoms with Crippen molar-refractivity contribution >= 4 is 17.6 Å². The monoisotopic (exact) mass is 301 g/mol. The number of aliphatic carboxylic acids is 1. The third-order valence-electron chi connectivity index (χ3n) is 3.64. The molecule has 2 aliphatic heterocycles. The molecule has 1 aromatic rings. The molecule has 1 unspecified atom stereocenters. The van der Waals surface area contributed by atoms with Crippen LogP contribution >= 0.6 is 0 Å². The molecule has 2 aliphatic rings. The van der Waals surface area contributed by atoms with Gasteiger partial charge in [0.25, 0.3) is 6.29 Å². The molecule has 0 radical (unpaired) electrons. The second-order valence-electron chi connectivity index (χ2n) is 5.10. The van der Waals surface area contributed by atoms with E-state index < -0.39 is 18.2 Å². The highest BCUT2D eigenvalue weighted by atomic mass is 16.7. The molecule has 0 saturated heterocycles. The molecule has 0 spiro atoms. The van der Waals surface area contributed by atoms with E-state index >= 15 is 0 Å². The van der Waals surface area contributed by atoms with E-state index in [9.17, 15) is 14.7 Å². The van der Waals surface area contributed by atoms with Crippen LogP contribution < -0.4 is 4.90 Å². The number of esters is 1. The van der Waals surface area contributed by atoms with Gasteiger partial charge in [-0.2, -0.15) is 0 Å². The summed E-state index contributed by atoms with van der Waals surface area (Å²) in [4.78, 5) is 24.5. The van der Waals surface area contributed by atoms with E-state index in [0.717, 1.165) is 23.9 Å². The summed E-state index contributed by atoms with van der Waals surface area (Å²) < 4.78 is 10.2. The van der Waals surface area contributed by atoms with Gasteiger partial charge in [-0.3, -0.25) is 0 Å². The highest BCUT2D eigenvalue weighted by Gasteiger charge is 2.27. The van der Waals surface area contributed by atoms with Gasteiger partial charge in [0.1, 0.15) is 6.26 Å². The molecule has 0 aromatic heterocycles. The maximum atomic E-state index is 11.5. The quantitative estimate of drug-likeness (QED) is 0.519. The summed E-state index contributed by atoms with van der Waals surface area (Å²) in [6, 6.07) is 7.64. The predicted octanol–water partition coefficient (Wildman–Crippen LogP) is 1.82. The van der Waals surface area contributed by atoms with Crippen LogP contribution in [0.2, 0.25) is 0 Å². The third kappa shape index (κ3) is 2.55. The fourth-order valence-electron chi connectivity index (χ4n) is 2.52. The molecular formula is C16H15NO5. The molecule has 1 atom stereocenters. The van der Waals surface area contributed by atoms with Crippen molar-refractivity contribution in [3.8, 4) is 0 Å². The van der Waals surface area contributed by atoms with Gasteiger partial charge in [-0.25, -0.2) is 9.59 Å². The smallest absolute Gasteiger partial charge is 0.355 e. The van der Waals surface area contributed by atoms with Crippen LogP contribution in [0.15, 0.2) is 47.9 Å². The summed E-state index contributed by atoms with van der Waals surface area (Å²) in [6.07, 6.45) is 2.55. The van der Waals surface area contributed by atoms with Gasteiger partial charge in [-0.15, -0.1) is 0 Å². The van der Waals surface area contributed by atoms with Crippen LogP contribution in [0.1, 0.15) is 12.5 Å². The van der Waals surface area contributed by atoms with Crippen molar-refractivity contribution in [1.29, 1.82) is 0 Å². The number of carbonyl (C=O) groups excluding carboxylic acids is 1. The molecule has 2 heterocycles. The second kappa shape index (κ2) is 5.55. The average molecular weight is 301 g/mol. The standard InChI is InChI=1S/C16H15NO5/c1-10-8-14(22-16(10)20)21-9-13(15(18)19)17-7-6-11-4-2-3-5-12(11)17/h2-5,8-9,14H,6-7H2,1H3,(H,18,19)/b13-9-. The van der Waals surface area contributed by atoms with Gasteiger partial charge in [0.2, 0.25) is 0 Å². The molecule has 6 heteroatoms. The summed E-state index contributed by atoms with van der Waals surface area (Å²) in [5.74, 6) is -1.55. The first kappa shape index (κ1) is 14.2. The fraction of sp³-hybridized carbons (Fsp3) is 0.250. The zero-order valence-corrected chi connectivity index (χ0v) is 12.0. The largest absolute Gasteiger partial charge is 0.476 e. The number of hydrogen-bond acceptors (Lipinski definition) is 5. The molecule has 6 nitrogen and oxygen atoms in total. The average Bonchev–Trinajstić information content (AvgIpc) is 3.04. The summed E-state index contributed by atoms with van der Waals surface area (Å²) >= 11 is 0. The first-order valence-electron chi connectivity index (χ1n) is 6.90. The van der Waals surface area contributed by atoms with Crippen LogP contribution in [0, 0.1) is 0 Å². The summed E-state index contributed by atoms with van der Waals surface area (Å²) in [6.45, 7) is 2.18. The molecule has 0 amide bonds. The lowest BCUT2D eigenvalue weighted by Crippen LogP contribution is -2.26. The van der Waals surface area contributed by atoms with E-state index in [1.807, 2.05) is 24.3 Å². The number of carbonyl (C=O) groups is 2. The van der Waals surface area contributed by atoms with Crippen molar-refractivity contribution in [2.24, 2.45) is 0 Å². The summed E-state index contributed by atoms with van der Waals surface area (Å²) in [5, 5.41) is 9.42. The summed E-state index contributed by atoms with van der Waals surface area (Å²) in [5.41, 5.74) is 2.41. The molecular weight excluding hydrogens is 286 g/mol. The number of fused-ring (bicyclic) bond motifs is 1. The number of benzene rings is 1. The van der Waals surface area contributed by atoms with E-state index in [4.69, 9.17) is 9.47 Å². The van der Waals surface area contributed by atoms with Crippen LogP contribution in [-0.4, -0.2) is 29.9 Å². The molecule has 1 N–H and O–H groups in total. The van der Waals surface area contributed by atoms with Crippen LogP contribution in [0.4, 0.5) is 5.69 Å². The van der Waals surface area contributed by atoms with E-state index in [-0.39, 0.29) is 5.70 Å². The Hall–Kier alpha value is -2.76. The SMILES string of the molecule is CC1=CC(O/C=C(/C(=O)O)N2CCc3ccccc32)OC1=O. The van der Waals surface area contributed by atoms with Gasteiger partial charge in [0.05, 0.1) is 0 Å². The van der Waals surface area contributed by atoms with Crippen LogP contribution in [0.25, 0.3) is 0 Å². The first-order chi connectivity index (χ1) is 10.6. The number of hydrogen-bond donors (Lipinski definition) is 1. The Labute approximate surface area is 127 Å². The number of ether oxygens (including phenoxy) is 2. The van der Waals surface area contributed by atoms with E-state index in [0.29, 0.717) is 12.1 Å². The van der Waals surface area contributed by atoms with E-state index in [1.165, 1.54) is 6.08 Å². The molecule has 0 aliphatic carbocycles. The van der Waals surface area contributed by atoms with Gasteiger partial charge in [0.15, 0.2) is 5.70 Å². The maximum Gasteiger partial charge on any atom is 0.355 e. The first-order valence-corrected chi connectivity index (χ1v) is 6.90. The number of para-hydroxylation sites is 1. The van der Waals surface area contributed by atoms with Crippen LogP contribution in [-0.2, 0) is 25.5 Å². The molecule has 22 heavy (non-hydrogen) atoms. The zero-order valence-electron chi connectivity index (χ0n) is 12.0. The van der Waals surface area contributed by atoms with Gasteiger partial charge >= 0.3 is 11.9 Å². The van der Waals surface area contributed by atoms with E-state index in [2.05, 4.69) is 0 Å². The number of cyclic esters (lactones) is 1. The Bertz CT molecular complexity index is 692. The Morgan fingerprint density at radius 3 is 2.91 bits per heavy atom. The zero-order chi connectivity index (χ0) is 15.7. The highest BCUT2D eigenvalue weighted by molar-refractivity contribution is 5.92. The van der Waals surface area contributed by atoms with Crippen molar-refractivity contribution in [3.63, 3.8) is 0 Å². The Kier molecular flexibility index (Phi) is 3.58. The van der Waals surface area contributed by atoms with Crippen LogP contribution in [0.5, 0.6) is 0 Å². The van der Waals surface area contributed by atoms with Gasteiger partial charge in [0, 0.05) is 23.9 Å². The van der Waals surface area contributed by atoms with E-state index in [1.54, 1.807) is 11.8 Å². The third-order valence-corrected chi connectivity index (χ3v) is 3.64. The highest BCUT2D eigenvalue weighted by Crippen LogP contribution is 2.31. The molecule has 0 fully saturated rings. The normalized spacial score (nSPS) is 20.5. The number of nitrogens with zero attached hydrogens (tertiary/aromatic N) is 1. The number of anilines is 1. The number of carboxylic acids is 1. The molecule has 1 aromatic carbocycles. The molecule has 0 saturated carbocycles. The topological polar surface area (TPSA) is 76.1 Å². The molecule has 3 rings (SSSR count). The fourth-order valence-corrected chi connectivity index (χ4v) is 2.52. The minimum Gasteiger partial charge on any atom is -0.476 e. The van der Waals surface area contributed by atoms with Crippen molar-refractivity contribution < 1.29 is 24.2 Å². The van der Waals surface area contributed by atoms with Gasteiger partial charge < -0.3 is 19.5 Å². The molecule has 114 valence electrons. The van der Waals surface area contributed by atoms with Crippen molar-refractivity contribution in [1.82, 2.24) is 0 Å². The number of rotatable bonds is 4. The lowest BCUT2D eigenvalue weighted by atomic mass is 10.2. The van der Waals surface area contributed by atoms with Crippen molar-refractivity contribution in [2.75, 3.05) is 11.4 Å². The molecule has 0 bridgehead atoms. The lowest BCUT2D eigenvalue weighted by Gasteiger charge is -2.20. The minimum atomic E-state index is -1.10. The number of carboxylic acid groups (broad SMARTS) is 1. The Balaban J connectivity index is 1.81. The van der Waals surface area contributed by atoms with Crippen molar-refractivity contribution in [3.05, 3.63) is 53.4 Å². The van der Waals surface area contributed by atoms with Crippen molar-refractivity contribution in [2.45, 2.75) is 19.6 Å². The van der Waals surface area contributed by atoms with Gasteiger partial charge in [-0.05, 0) is 25.0 Å². The lowest BCUT2D eigenvalue weighted by molar-refractivity contribution is -0.152. The Morgan fingerprint density at radius 2 is 2.23 bits per heavy atom.